The molecule has 28 heavy (non-hydrogen) atoms. The summed E-state index contributed by atoms with van der Waals surface area (Å²) in [6.07, 6.45) is 5.39. The van der Waals surface area contributed by atoms with E-state index in [0.29, 0.717) is 25.5 Å². The number of nitrogens with one attached hydrogen (secondary N) is 2. The fourth-order valence-electron chi connectivity index (χ4n) is 3.74. The lowest BCUT2D eigenvalue weighted by Crippen LogP contribution is -2.44. The predicted molar refractivity (Wildman–Crippen MR) is 111 cm³/mol. The van der Waals surface area contributed by atoms with E-state index < -0.39 is 9.84 Å². The van der Waals surface area contributed by atoms with Crippen molar-refractivity contribution < 1.29 is 17.9 Å². The molecule has 1 saturated heterocycles. The van der Waals surface area contributed by atoms with Crippen LogP contribution in [0.4, 0.5) is 0 Å². The maximum absolute atomic E-state index is 11.7. The van der Waals surface area contributed by atoms with E-state index in [9.17, 15) is 8.42 Å². The van der Waals surface area contributed by atoms with Crippen LogP contribution >= 0.6 is 0 Å². The molecule has 0 radical (unpaired) electrons. The Kier molecular flexibility index (Phi) is 7.04. The van der Waals surface area contributed by atoms with Gasteiger partial charge in [0, 0.05) is 18.2 Å². The Morgan fingerprint density at radius 1 is 1.25 bits per heavy atom. The summed E-state index contributed by atoms with van der Waals surface area (Å²) in [4.78, 5) is 4.67. The Bertz CT molecular complexity index is 789. The number of benzene rings is 1. The molecule has 8 heteroatoms. The summed E-state index contributed by atoms with van der Waals surface area (Å²) in [5, 5.41) is 6.45. The first-order valence-electron chi connectivity index (χ1n) is 10.1. The zero-order chi connectivity index (χ0) is 20.0. The van der Waals surface area contributed by atoms with Crippen LogP contribution in [0, 0.1) is 0 Å². The molecule has 0 spiro atoms. The van der Waals surface area contributed by atoms with Gasteiger partial charge < -0.3 is 20.1 Å². The third-order valence-corrected chi connectivity index (χ3v) is 6.96. The molecule has 7 nitrogen and oxygen atoms in total. The fourth-order valence-corrected chi connectivity index (χ4v) is 5.41. The summed E-state index contributed by atoms with van der Waals surface area (Å²) in [7, 11) is -1.29. The summed E-state index contributed by atoms with van der Waals surface area (Å²) >= 11 is 0. The zero-order valence-corrected chi connectivity index (χ0v) is 17.6. The van der Waals surface area contributed by atoms with Gasteiger partial charge in [0.05, 0.1) is 31.3 Å². The van der Waals surface area contributed by atoms with Gasteiger partial charge in [0.2, 0.25) is 0 Å². The SMILES string of the molecule is CCNC(=NCc1cccc(OC)c1OC1CCCC1)NC1CCS(=O)(=O)C1. The maximum Gasteiger partial charge on any atom is 0.191 e. The Morgan fingerprint density at radius 3 is 2.68 bits per heavy atom. The number of para-hydroxylation sites is 1. The third kappa shape index (κ3) is 5.53. The largest absolute Gasteiger partial charge is 0.493 e. The highest BCUT2D eigenvalue weighted by Gasteiger charge is 2.28. The highest BCUT2D eigenvalue weighted by Crippen LogP contribution is 2.35. The Hall–Kier alpha value is -1.96. The van der Waals surface area contributed by atoms with E-state index in [1.54, 1.807) is 7.11 Å². The second kappa shape index (κ2) is 9.49. The number of aliphatic imine (C=N–C) groups is 1. The van der Waals surface area contributed by atoms with Crippen LogP contribution in [-0.2, 0) is 16.4 Å². The van der Waals surface area contributed by atoms with Gasteiger partial charge in [-0.15, -0.1) is 0 Å². The minimum atomic E-state index is -2.93. The Morgan fingerprint density at radius 2 is 2.04 bits per heavy atom. The van der Waals surface area contributed by atoms with Gasteiger partial charge in [-0.2, -0.15) is 0 Å². The first-order valence-corrected chi connectivity index (χ1v) is 11.9. The number of methoxy groups -OCH3 is 1. The van der Waals surface area contributed by atoms with Crippen molar-refractivity contribution in [3.05, 3.63) is 23.8 Å². The van der Waals surface area contributed by atoms with Crippen molar-refractivity contribution in [1.29, 1.82) is 0 Å². The number of hydrogen-bond acceptors (Lipinski definition) is 5. The summed E-state index contributed by atoms with van der Waals surface area (Å²) in [5.74, 6) is 2.50. The zero-order valence-electron chi connectivity index (χ0n) is 16.7. The molecule has 1 aromatic carbocycles. The lowest BCUT2D eigenvalue weighted by molar-refractivity contribution is 0.198. The number of nitrogens with zero attached hydrogens (tertiary/aromatic N) is 1. The molecule has 2 N–H and O–H groups in total. The Labute approximate surface area is 167 Å². The van der Waals surface area contributed by atoms with Crippen LogP contribution in [0.1, 0.15) is 44.6 Å². The third-order valence-electron chi connectivity index (χ3n) is 5.19. The topological polar surface area (TPSA) is 89.0 Å². The molecular weight excluding hydrogens is 378 g/mol. The molecule has 1 unspecified atom stereocenters. The second-order valence-electron chi connectivity index (χ2n) is 7.41. The van der Waals surface area contributed by atoms with E-state index in [-0.39, 0.29) is 23.7 Å². The number of guanidine groups is 1. The number of ether oxygens (including phenoxy) is 2. The normalized spacial score (nSPS) is 22.2. The molecule has 2 fully saturated rings. The van der Waals surface area contributed by atoms with Gasteiger partial charge >= 0.3 is 0 Å². The smallest absolute Gasteiger partial charge is 0.191 e. The highest BCUT2D eigenvalue weighted by atomic mass is 32.2. The van der Waals surface area contributed by atoms with Gasteiger partial charge in [0.1, 0.15) is 0 Å². The molecule has 156 valence electrons. The van der Waals surface area contributed by atoms with Crippen molar-refractivity contribution >= 4 is 15.8 Å². The van der Waals surface area contributed by atoms with Crippen molar-refractivity contribution in [3.63, 3.8) is 0 Å². The van der Waals surface area contributed by atoms with E-state index >= 15 is 0 Å². The lowest BCUT2D eigenvalue weighted by Gasteiger charge is -2.19. The van der Waals surface area contributed by atoms with E-state index in [0.717, 1.165) is 29.9 Å². The first-order chi connectivity index (χ1) is 13.5. The number of rotatable bonds is 7. The standard InChI is InChI=1S/C20H31N3O4S/c1-3-21-20(23-16-11-12-28(24,25)14-16)22-13-15-7-6-10-18(26-2)19(15)27-17-8-4-5-9-17/h6-7,10,16-17H,3-5,8-9,11-14H2,1-2H3,(H2,21,22,23). The molecule has 1 aliphatic heterocycles. The van der Waals surface area contributed by atoms with Crippen molar-refractivity contribution in [2.45, 2.75) is 57.7 Å². The van der Waals surface area contributed by atoms with Crippen LogP contribution in [0.5, 0.6) is 11.5 Å². The Balaban J connectivity index is 1.74. The van der Waals surface area contributed by atoms with Crippen LogP contribution in [0.3, 0.4) is 0 Å². The minimum absolute atomic E-state index is 0.0951. The number of sulfone groups is 1. The molecular formula is C20H31N3O4S. The molecule has 1 saturated carbocycles. The van der Waals surface area contributed by atoms with Crippen molar-refractivity contribution in [1.82, 2.24) is 10.6 Å². The van der Waals surface area contributed by atoms with E-state index in [2.05, 4.69) is 15.6 Å². The monoisotopic (exact) mass is 409 g/mol. The van der Waals surface area contributed by atoms with Crippen molar-refractivity contribution in [2.24, 2.45) is 4.99 Å². The average Bonchev–Trinajstić information content (AvgIpc) is 3.30. The quantitative estimate of drug-likeness (QED) is 0.530. The van der Waals surface area contributed by atoms with Gasteiger partial charge in [-0.3, -0.25) is 0 Å². The van der Waals surface area contributed by atoms with Crippen molar-refractivity contribution in [2.75, 3.05) is 25.2 Å². The molecule has 1 aliphatic carbocycles. The average molecular weight is 410 g/mol. The molecule has 1 aromatic rings. The maximum atomic E-state index is 11.7. The van der Waals surface area contributed by atoms with E-state index in [1.165, 1.54) is 12.8 Å². The van der Waals surface area contributed by atoms with Gasteiger partial charge in [0.25, 0.3) is 0 Å². The molecule has 1 atom stereocenters. The van der Waals surface area contributed by atoms with Gasteiger partial charge in [-0.05, 0) is 45.1 Å². The summed E-state index contributed by atoms with van der Waals surface area (Å²) in [5.41, 5.74) is 0.961. The lowest BCUT2D eigenvalue weighted by atomic mass is 10.1. The molecule has 2 aliphatic rings. The van der Waals surface area contributed by atoms with E-state index in [4.69, 9.17) is 9.47 Å². The molecule has 0 bridgehead atoms. The molecule has 0 amide bonds. The first kappa shape index (κ1) is 20.8. The fraction of sp³-hybridized carbons (Fsp3) is 0.650. The van der Waals surface area contributed by atoms with Crippen molar-refractivity contribution in [3.8, 4) is 11.5 Å². The summed E-state index contributed by atoms with van der Waals surface area (Å²) < 4.78 is 35.2. The van der Waals surface area contributed by atoms with Gasteiger partial charge in [0.15, 0.2) is 27.3 Å². The van der Waals surface area contributed by atoms with Crippen LogP contribution in [-0.4, -0.2) is 51.7 Å². The summed E-state index contributed by atoms with van der Waals surface area (Å²) in [6, 6.07) is 5.75. The highest BCUT2D eigenvalue weighted by molar-refractivity contribution is 7.91. The van der Waals surface area contributed by atoms with Crippen LogP contribution < -0.4 is 20.1 Å². The molecule has 0 aromatic heterocycles. The van der Waals surface area contributed by atoms with Gasteiger partial charge in [-0.1, -0.05) is 12.1 Å². The van der Waals surface area contributed by atoms with Gasteiger partial charge in [-0.25, -0.2) is 13.4 Å². The summed E-state index contributed by atoms with van der Waals surface area (Å²) in [6.45, 7) is 3.12. The van der Waals surface area contributed by atoms with Crippen LogP contribution in [0.15, 0.2) is 23.2 Å². The number of hydrogen-bond donors (Lipinski definition) is 2. The molecule has 3 rings (SSSR count). The second-order valence-corrected chi connectivity index (χ2v) is 9.64. The predicted octanol–water partition coefficient (Wildman–Crippen LogP) is 2.26. The van der Waals surface area contributed by atoms with E-state index in [1.807, 2.05) is 25.1 Å². The molecule has 1 heterocycles. The van der Waals surface area contributed by atoms with Crippen LogP contribution in [0.2, 0.25) is 0 Å². The minimum Gasteiger partial charge on any atom is -0.493 e. The van der Waals surface area contributed by atoms with Crippen LogP contribution in [0.25, 0.3) is 0 Å².